The van der Waals surface area contributed by atoms with E-state index in [-0.39, 0.29) is 25.0 Å². The molecule has 9 nitrogen and oxygen atoms in total. The first-order chi connectivity index (χ1) is 20.4. The molecular weight excluding hydrogens is 536 g/mol. The van der Waals surface area contributed by atoms with E-state index in [0.717, 1.165) is 30.4 Å². The van der Waals surface area contributed by atoms with Crippen LogP contribution in [-0.2, 0) is 16.0 Å². The average Bonchev–Trinajstić information content (AvgIpc) is 3.68. The molecule has 2 aromatic carbocycles. The Bertz CT molecular complexity index is 1290. The number of carbonyl (C=O) groups excluding carboxylic acids is 2. The van der Waals surface area contributed by atoms with Crippen molar-refractivity contribution in [2.75, 3.05) is 33.9 Å². The fourth-order valence-electron chi connectivity index (χ4n) is 6.72. The summed E-state index contributed by atoms with van der Waals surface area (Å²) in [5, 5.41) is 23.9. The number of aliphatic hydroxyl groups is 2. The lowest BCUT2D eigenvalue weighted by Gasteiger charge is -2.41. The van der Waals surface area contributed by atoms with Crippen LogP contribution in [0.4, 0.5) is 0 Å². The van der Waals surface area contributed by atoms with Crippen LogP contribution in [0.3, 0.4) is 0 Å². The SMILES string of the molecule is COc1ccc(OC)c(CCN(C(=O)CCC2CCCC2)C2C=C(C(=O)NCCO)C3c4ccccc4OC3C2O)c1. The number of amides is 2. The summed E-state index contributed by atoms with van der Waals surface area (Å²) in [4.78, 5) is 29.1. The van der Waals surface area contributed by atoms with Crippen LogP contribution in [0.1, 0.15) is 55.6 Å². The number of aliphatic hydroxyl groups excluding tert-OH is 2. The number of benzene rings is 2. The fourth-order valence-corrected chi connectivity index (χ4v) is 6.72. The molecule has 0 spiro atoms. The molecule has 3 N–H and O–H groups in total. The van der Waals surface area contributed by atoms with E-state index in [1.807, 2.05) is 42.5 Å². The van der Waals surface area contributed by atoms with Gasteiger partial charge in [0.2, 0.25) is 11.8 Å². The number of hydrogen-bond acceptors (Lipinski definition) is 7. The van der Waals surface area contributed by atoms with Crippen LogP contribution in [0.5, 0.6) is 17.2 Å². The van der Waals surface area contributed by atoms with Gasteiger partial charge in [-0.3, -0.25) is 9.59 Å². The smallest absolute Gasteiger partial charge is 0.247 e. The van der Waals surface area contributed by atoms with Gasteiger partial charge in [-0.25, -0.2) is 0 Å². The zero-order chi connectivity index (χ0) is 29.6. The molecule has 4 unspecified atom stereocenters. The molecule has 2 amide bonds. The topological polar surface area (TPSA) is 118 Å². The summed E-state index contributed by atoms with van der Waals surface area (Å²) in [5.74, 6) is 1.64. The molecule has 3 aliphatic rings. The summed E-state index contributed by atoms with van der Waals surface area (Å²) in [6.07, 6.45) is 6.29. The summed E-state index contributed by atoms with van der Waals surface area (Å²) in [5.41, 5.74) is 2.13. The Kier molecular flexibility index (Phi) is 9.69. The summed E-state index contributed by atoms with van der Waals surface area (Å²) < 4.78 is 17.3. The highest BCUT2D eigenvalue weighted by Gasteiger charge is 2.50. The van der Waals surface area contributed by atoms with Gasteiger partial charge in [0, 0.05) is 30.6 Å². The Morgan fingerprint density at radius 2 is 1.88 bits per heavy atom. The quantitative estimate of drug-likeness (QED) is 0.354. The predicted molar refractivity (Wildman–Crippen MR) is 158 cm³/mol. The van der Waals surface area contributed by atoms with Crippen molar-refractivity contribution in [2.45, 2.75) is 69.1 Å². The van der Waals surface area contributed by atoms with Gasteiger partial charge in [0.25, 0.3) is 0 Å². The van der Waals surface area contributed by atoms with Gasteiger partial charge < -0.3 is 34.6 Å². The second-order valence-corrected chi connectivity index (χ2v) is 11.4. The van der Waals surface area contributed by atoms with Crippen molar-refractivity contribution in [3.63, 3.8) is 0 Å². The zero-order valence-electron chi connectivity index (χ0n) is 24.5. The summed E-state index contributed by atoms with van der Waals surface area (Å²) in [6, 6.07) is 12.3. The molecule has 0 bridgehead atoms. The first-order valence-electron chi connectivity index (χ1n) is 15.0. The highest BCUT2D eigenvalue weighted by atomic mass is 16.5. The van der Waals surface area contributed by atoms with E-state index in [4.69, 9.17) is 14.2 Å². The summed E-state index contributed by atoms with van der Waals surface area (Å²) >= 11 is 0. The van der Waals surface area contributed by atoms with Crippen molar-refractivity contribution in [1.82, 2.24) is 10.2 Å². The number of hydrogen-bond donors (Lipinski definition) is 3. The van der Waals surface area contributed by atoms with Crippen molar-refractivity contribution < 1.29 is 34.0 Å². The molecule has 5 rings (SSSR count). The molecule has 9 heteroatoms. The number of nitrogens with one attached hydrogen (secondary N) is 1. The molecule has 4 atom stereocenters. The lowest BCUT2D eigenvalue weighted by molar-refractivity contribution is -0.137. The van der Waals surface area contributed by atoms with Gasteiger partial charge in [0.15, 0.2) is 0 Å². The molecule has 2 aliphatic carbocycles. The minimum Gasteiger partial charge on any atom is -0.497 e. The third-order valence-electron chi connectivity index (χ3n) is 8.91. The highest BCUT2D eigenvalue weighted by molar-refractivity contribution is 5.96. The maximum Gasteiger partial charge on any atom is 0.247 e. The van der Waals surface area contributed by atoms with E-state index >= 15 is 0 Å². The molecule has 226 valence electrons. The summed E-state index contributed by atoms with van der Waals surface area (Å²) in [7, 11) is 3.21. The monoisotopic (exact) mass is 578 g/mol. The van der Waals surface area contributed by atoms with Crippen LogP contribution in [-0.4, -0.2) is 79.1 Å². The van der Waals surface area contributed by atoms with Gasteiger partial charge in [-0.05, 0) is 54.7 Å². The van der Waals surface area contributed by atoms with E-state index in [1.54, 1.807) is 25.2 Å². The first-order valence-corrected chi connectivity index (χ1v) is 15.0. The summed E-state index contributed by atoms with van der Waals surface area (Å²) in [6.45, 7) is 0.213. The van der Waals surface area contributed by atoms with Gasteiger partial charge in [0.05, 0.1) is 32.8 Å². The third-order valence-corrected chi connectivity index (χ3v) is 8.91. The second-order valence-electron chi connectivity index (χ2n) is 11.4. The van der Waals surface area contributed by atoms with Crippen molar-refractivity contribution >= 4 is 11.8 Å². The molecule has 1 saturated carbocycles. The zero-order valence-corrected chi connectivity index (χ0v) is 24.5. The van der Waals surface area contributed by atoms with Crippen molar-refractivity contribution in [3.8, 4) is 17.2 Å². The Labute approximate surface area is 247 Å². The Morgan fingerprint density at radius 1 is 1.10 bits per heavy atom. The first kappa shape index (κ1) is 29.9. The van der Waals surface area contributed by atoms with E-state index in [9.17, 15) is 19.8 Å². The number of carbonyl (C=O) groups is 2. The van der Waals surface area contributed by atoms with Crippen molar-refractivity contribution in [1.29, 1.82) is 0 Å². The number of nitrogens with zero attached hydrogens (tertiary/aromatic N) is 1. The van der Waals surface area contributed by atoms with Gasteiger partial charge >= 0.3 is 0 Å². The Morgan fingerprint density at radius 3 is 2.62 bits per heavy atom. The molecule has 1 aliphatic heterocycles. The minimum atomic E-state index is -1.06. The fraction of sp³-hybridized carbons (Fsp3) is 0.515. The predicted octanol–water partition coefficient (Wildman–Crippen LogP) is 3.37. The van der Waals surface area contributed by atoms with Crippen molar-refractivity contribution in [3.05, 3.63) is 65.2 Å². The van der Waals surface area contributed by atoms with E-state index in [0.29, 0.717) is 48.1 Å². The molecule has 42 heavy (non-hydrogen) atoms. The second kappa shape index (κ2) is 13.6. The van der Waals surface area contributed by atoms with Crippen LogP contribution >= 0.6 is 0 Å². The van der Waals surface area contributed by atoms with Gasteiger partial charge in [0.1, 0.15) is 29.5 Å². The number of rotatable bonds is 12. The molecule has 0 radical (unpaired) electrons. The minimum absolute atomic E-state index is 0.0619. The molecule has 0 saturated heterocycles. The lowest BCUT2D eigenvalue weighted by Crippen LogP contribution is -2.56. The van der Waals surface area contributed by atoms with Crippen molar-refractivity contribution in [2.24, 2.45) is 5.92 Å². The maximum atomic E-state index is 14.0. The van der Waals surface area contributed by atoms with E-state index in [1.165, 1.54) is 12.8 Å². The van der Waals surface area contributed by atoms with Gasteiger partial charge in [-0.2, -0.15) is 0 Å². The standard InChI is InChI=1S/C33H42N2O7/c1-40-23-12-13-27(41-2)22(19-23)15-17-35(29(37)14-11-21-7-3-4-8-21)26-20-25(33(39)34-16-18-36)30-24-9-5-6-10-28(24)42-32(30)31(26)38/h5-6,9-10,12-13,19-21,26,30-32,36,38H,3-4,7-8,11,14-18H2,1-2H3,(H,34,39). The third kappa shape index (κ3) is 6.27. The van der Waals surface area contributed by atoms with Gasteiger partial charge in [-0.1, -0.05) is 43.9 Å². The Balaban J connectivity index is 1.48. The molecule has 1 heterocycles. The molecular formula is C33H42N2O7. The average molecular weight is 579 g/mol. The number of ether oxygens (including phenoxy) is 3. The van der Waals surface area contributed by atoms with E-state index < -0.39 is 24.2 Å². The van der Waals surface area contributed by atoms with Crippen LogP contribution in [0, 0.1) is 5.92 Å². The molecule has 0 aromatic heterocycles. The molecule has 2 aromatic rings. The Hall–Kier alpha value is -3.56. The van der Waals surface area contributed by atoms with Crippen LogP contribution in [0.2, 0.25) is 0 Å². The lowest BCUT2D eigenvalue weighted by atomic mass is 9.77. The number of fused-ring (bicyclic) bond motifs is 3. The molecule has 1 fully saturated rings. The number of methoxy groups -OCH3 is 2. The normalized spacial score (nSPS) is 22.9. The van der Waals surface area contributed by atoms with Gasteiger partial charge in [-0.15, -0.1) is 0 Å². The van der Waals surface area contributed by atoms with Crippen LogP contribution in [0.25, 0.3) is 0 Å². The largest absolute Gasteiger partial charge is 0.497 e. The van der Waals surface area contributed by atoms with E-state index in [2.05, 4.69) is 5.32 Å². The highest BCUT2D eigenvalue weighted by Crippen LogP contribution is 2.47. The number of para-hydroxylation sites is 1. The maximum absolute atomic E-state index is 14.0. The van der Waals surface area contributed by atoms with Crippen LogP contribution < -0.4 is 19.5 Å². The van der Waals surface area contributed by atoms with Crippen LogP contribution in [0.15, 0.2) is 54.1 Å².